The standard InChI is InChI=1S/C8H9FNO3P/c1-14(2,13)8-5-6(9)3-4-7(8)10(11)12/h3-5H,1-2H3. The molecule has 0 atom stereocenters. The molecule has 76 valence electrons. The molecule has 1 aromatic rings. The second-order valence-electron chi connectivity index (χ2n) is 3.24. The lowest BCUT2D eigenvalue weighted by Gasteiger charge is -2.07. The number of hydrogen-bond acceptors (Lipinski definition) is 3. The zero-order valence-corrected chi connectivity index (χ0v) is 8.62. The number of nitrogens with zero attached hydrogens (tertiary/aromatic N) is 1. The van der Waals surface area contributed by atoms with Crippen molar-refractivity contribution in [2.45, 2.75) is 0 Å². The normalized spacial score (nSPS) is 11.4. The summed E-state index contributed by atoms with van der Waals surface area (Å²) >= 11 is 0. The van der Waals surface area contributed by atoms with Gasteiger partial charge in [0, 0.05) is 6.07 Å². The number of hydrogen-bond donors (Lipinski definition) is 0. The monoisotopic (exact) mass is 217 g/mol. The maximum Gasteiger partial charge on any atom is 0.280 e. The Kier molecular flexibility index (Phi) is 2.71. The van der Waals surface area contributed by atoms with Crippen LogP contribution in [-0.4, -0.2) is 18.3 Å². The van der Waals surface area contributed by atoms with Crippen molar-refractivity contribution in [3.05, 3.63) is 34.1 Å². The highest BCUT2D eigenvalue weighted by Crippen LogP contribution is 2.38. The van der Waals surface area contributed by atoms with Crippen LogP contribution >= 0.6 is 7.14 Å². The Bertz CT molecular complexity index is 427. The van der Waals surface area contributed by atoms with Crippen LogP contribution in [0.3, 0.4) is 0 Å². The third kappa shape index (κ3) is 2.17. The summed E-state index contributed by atoms with van der Waals surface area (Å²) in [5.74, 6) is -0.616. The summed E-state index contributed by atoms with van der Waals surface area (Å²) in [6.07, 6.45) is 0. The summed E-state index contributed by atoms with van der Waals surface area (Å²) in [5, 5.41) is 10.5. The summed E-state index contributed by atoms with van der Waals surface area (Å²) < 4.78 is 24.4. The third-order valence-corrected chi connectivity index (χ3v) is 3.23. The molecular formula is C8H9FNO3P. The van der Waals surface area contributed by atoms with Crippen molar-refractivity contribution in [1.29, 1.82) is 0 Å². The molecule has 0 fully saturated rings. The second-order valence-corrected chi connectivity index (χ2v) is 6.42. The first-order valence-corrected chi connectivity index (χ1v) is 6.42. The maximum atomic E-state index is 12.8. The van der Waals surface area contributed by atoms with Gasteiger partial charge in [-0.3, -0.25) is 10.1 Å². The van der Waals surface area contributed by atoms with Crippen molar-refractivity contribution in [2.75, 3.05) is 13.3 Å². The van der Waals surface area contributed by atoms with E-state index >= 15 is 0 Å². The molecule has 6 heteroatoms. The number of benzene rings is 1. The van der Waals surface area contributed by atoms with Crippen LogP contribution in [0, 0.1) is 15.9 Å². The molecule has 0 N–H and O–H groups in total. The van der Waals surface area contributed by atoms with Crippen LogP contribution in [0.1, 0.15) is 0 Å². The molecule has 1 aromatic carbocycles. The molecule has 0 aromatic heterocycles. The van der Waals surface area contributed by atoms with E-state index in [0.717, 1.165) is 18.2 Å². The van der Waals surface area contributed by atoms with Crippen LogP contribution in [0.15, 0.2) is 18.2 Å². The van der Waals surface area contributed by atoms with Gasteiger partial charge in [-0.25, -0.2) is 4.39 Å². The van der Waals surface area contributed by atoms with Gasteiger partial charge in [-0.1, -0.05) is 0 Å². The van der Waals surface area contributed by atoms with Crippen molar-refractivity contribution in [3.63, 3.8) is 0 Å². The van der Waals surface area contributed by atoms with Gasteiger partial charge >= 0.3 is 0 Å². The fourth-order valence-corrected chi connectivity index (χ4v) is 2.22. The van der Waals surface area contributed by atoms with Crippen LogP contribution < -0.4 is 5.30 Å². The molecule has 4 nitrogen and oxygen atoms in total. The second kappa shape index (κ2) is 3.50. The van der Waals surface area contributed by atoms with E-state index in [1.807, 2.05) is 0 Å². The number of nitro benzene ring substituents is 1. The Morgan fingerprint density at radius 1 is 1.43 bits per heavy atom. The van der Waals surface area contributed by atoms with E-state index in [4.69, 9.17) is 0 Å². The van der Waals surface area contributed by atoms with Crippen molar-refractivity contribution in [2.24, 2.45) is 0 Å². The molecule has 0 radical (unpaired) electrons. The average molecular weight is 217 g/mol. The van der Waals surface area contributed by atoms with Gasteiger partial charge in [-0.15, -0.1) is 0 Å². The fourth-order valence-electron chi connectivity index (χ4n) is 1.08. The van der Waals surface area contributed by atoms with Crippen LogP contribution in [0.5, 0.6) is 0 Å². The molecule has 0 spiro atoms. The molecule has 0 unspecified atom stereocenters. The molecule has 0 heterocycles. The predicted molar refractivity (Wildman–Crippen MR) is 52.1 cm³/mol. The highest BCUT2D eigenvalue weighted by molar-refractivity contribution is 7.70. The summed E-state index contributed by atoms with van der Waals surface area (Å²) in [6.45, 7) is 2.74. The van der Waals surface area contributed by atoms with E-state index in [0.29, 0.717) is 0 Å². The highest BCUT2D eigenvalue weighted by Gasteiger charge is 2.23. The first-order chi connectivity index (χ1) is 6.32. The van der Waals surface area contributed by atoms with Gasteiger partial charge in [0.25, 0.3) is 5.69 Å². The fraction of sp³-hybridized carbons (Fsp3) is 0.250. The van der Waals surface area contributed by atoms with E-state index in [2.05, 4.69) is 0 Å². The summed E-state index contributed by atoms with van der Waals surface area (Å²) in [4.78, 5) is 9.88. The number of halogens is 1. The topological polar surface area (TPSA) is 60.2 Å². The molecule has 0 aliphatic heterocycles. The lowest BCUT2D eigenvalue weighted by Crippen LogP contribution is -2.10. The summed E-state index contributed by atoms with van der Waals surface area (Å²) in [7, 11) is -2.82. The van der Waals surface area contributed by atoms with Gasteiger partial charge in [0.15, 0.2) is 0 Å². The molecule has 0 saturated carbocycles. The lowest BCUT2D eigenvalue weighted by molar-refractivity contribution is -0.383. The Hall–Kier alpha value is -1.22. The van der Waals surface area contributed by atoms with Crippen molar-refractivity contribution in [1.82, 2.24) is 0 Å². The van der Waals surface area contributed by atoms with Crippen molar-refractivity contribution in [3.8, 4) is 0 Å². The van der Waals surface area contributed by atoms with Gasteiger partial charge in [-0.05, 0) is 25.5 Å². The van der Waals surface area contributed by atoms with Gasteiger partial charge in [0.2, 0.25) is 0 Å². The van der Waals surface area contributed by atoms with Gasteiger partial charge in [0.05, 0.1) is 10.2 Å². The Morgan fingerprint density at radius 3 is 2.43 bits per heavy atom. The van der Waals surface area contributed by atoms with Gasteiger partial charge in [-0.2, -0.15) is 0 Å². The van der Waals surface area contributed by atoms with Crippen LogP contribution in [-0.2, 0) is 4.57 Å². The minimum Gasteiger partial charge on any atom is -0.319 e. The lowest BCUT2D eigenvalue weighted by atomic mass is 10.3. The summed E-state index contributed by atoms with van der Waals surface area (Å²) in [5.41, 5.74) is -0.292. The van der Waals surface area contributed by atoms with Gasteiger partial charge in [0.1, 0.15) is 13.0 Å². The van der Waals surface area contributed by atoms with E-state index in [9.17, 15) is 19.1 Å². The van der Waals surface area contributed by atoms with E-state index in [-0.39, 0.29) is 11.0 Å². The molecule has 1 rings (SSSR count). The smallest absolute Gasteiger partial charge is 0.280 e. The number of nitro groups is 1. The Morgan fingerprint density at radius 2 is 2.00 bits per heavy atom. The summed E-state index contributed by atoms with van der Waals surface area (Å²) in [6, 6.07) is 2.97. The number of rotatable bonds is 2. The van der Waals surface area contributed by atoms with Gasteiger partial charge < -0.3 is 4.57 Å². The van der Waals surface area contributed by atoms with E-state index in [1.165, 1.54) is 13.3 Å². The zero-order valence-electron chi connectivity index (χ0n) is 7.73. The van der Waals surface area contributed by atoms with E-state index in [1.54, 1.807) is 0 Å². The van der Waals surface area contributed by atoms with Crippen LogP contribution in [0.2, 0.25) is 0 Å². The quantitative estimate of drug-likeness (QED) is 0.432. The molecule has 14 heavy (non-hydrogen) atoms. The first kappa shape index (κ1) is 10.9. The first-order valence-electron chi connectivity index (χ1n) is 3.82. The van der Waals surface area contributed by atoms with Crippen molar-refractivity contribution >= 4 is 18.1 Å². The van der Waals surface area contributed by atoms with Crippen LogP contribution in [0.4, 0.5) is 10.1 Å². The Balaban J connectivity index is 3.46. The molecule has 0 aliphatic rings. The predicted octanol–water partition coefficient (Wildman–Crippen LogP) is 1.98. The molecule has 0 amide bonds. The maximum absolute atomic E-state index is 12.8. The molecular weight excluding hydrogens is 208 g/mol. The minimum atomic E-state index is -2.82. The zero-order chi connectivity index (χ0) is 10.9. The molecule has 0 saturated heterocycles. The molecule has 0 aliphatic carbocycles. The van der Waals surface area contributed by atoms with Crippen molar-refractivity contribution < 1.29 is 13.9 Å². The van der Waals surface area contributed by atoms with E-state index < -0.39 is 17.9 Å². The minimum absolute atomic E-state index is 0.0255. The van der Waals surface area contributed by atoms with Crippen LogP contribution in [0.25, 0.3) is 0 Å². The average Bonchev–Trinajstić information content (AvgIpc) is 2.01. The SMILES string of the molecule is CP(C)(=O)c1cc(F)ccc1[N+](=O)[O-]. The Labute approximate surface area is 80.3 Å². The largest absolute Gasteiger partial charge is 0.319 e. The molecule has 0 bridgehead atoms. The highest BCUT2D eigenvalue weighted by atomic mass is 31.2. The third-order valence-electron chi connectivity index (χ3n) is 1.71.